The number of aromatic nitrogens is 3. The number of alkyl halides is 2. The summed E-state index contributed by atoms with van der Waals surface area (Å²) in [6.07, 6.45) is 0. The number of hydrogen-bond acceptors (Lipinski definition) is 7. The van der Waals surface area contributed by atoms with Gasteiger partial charge in [0.15, 0.2) is 16.8 Å². The standard InChI is InChI=1S/C32H29F2N4O3PS/c1-37(2)24-12-14-25(15-13-24)38-30(22-4-10-23(11-5-22)32(33,34)42)35-36-31(38)43-29(21-8-18-27(41-3)19-9-21)28(40)20-6-16-26(39)17-7-20/h4-19,29,39H,42H2,1-3H3. The summed E-state index contributed by atoms with van der Waals surface area (Å²) in [4.78, 5) is 15.9. The molecule has 1 N–H and O–H groups in total. The van der Waals surface area contributed by atoms with Crippen LogP contribution in [0, 0.1) is 0 Å². The van der Waals surface area contributed by atoms with E-state index >= 15 is 0 Å². The highest BCUT2D eigenvalue weighted by molar-refractivity contribution is 8.00. The van der Waals surface area contributed by atoms with E-state index in [1.54, 1.807) is 52.7 Å². The number of halogens is 2. The van der Waals surface area contributed by atoms with Gasteiger partial charge in [0, 0.05) is 42.2 Å². The molecule has 0 saturated heterocycles. The van der Waals surface area contributed by atoms with Gasteiger partial charge in [0.25, 0.3) is 5.66 Å². The Labute approximate surface area is 254 Å². The molecule has 2 unspecified atom stereocenters. The molecule has 0 amide bonds. The predicted octanol–water partition coefficient (Wildman–Crippen LogP) is 7.36. The van der Waals surface area contributed by atoms with Crippen LogP contribution in [-0.2, 0) is 5.66 Å². The molecule has 2 atom stereocenters. The second kappa shape index (κ2) is 12.5. The minimum atomic E-state index is -3.06. The van der Waals surface area contributed by atoms with Crippen LogP contribution in [0.25, 0.3) is 17.1 Å². The molecule has 1 aromatic heterocycles. The van der Waals surface area contributed by atoms with Crippen molar-refractivity contribution in [3.8, 4) is 28.6 Å². The van der Waals surface area contributed by atoms with Gasteiger partial charge in [-0.1, -0.05) is 57.4 Å². The van der Waals surface area contributed by atoms with Gasteiger partial charge in [-0.3, -0.25) is 9.36 Å². The largest absolute Gasteiger partial charge is 0.508 e. The first-order valence-corrected chi connectivity index (χ1v) is 14.7. The summed E-state index contributed by atoms with van der Waals surface area (Å²) < 4.78 is 34.9. The van der Waals surface area contributed by atoms with Crippen LogP contribution >= 0.6 is 21.0 Å². The van der Waals surface area contributed by atoms with E-state index in [1.807, 2.05) is 60.0 Å². The van der Waals surface area contributed by atoms with Crippen LogP contribution in [0.15, 0.2) is 102 Å². The number of carbonyl (C=O) groups is 1. The lowest BCUT2D eigenvalue weighted by molar-refractivity contribution is 0.0988. The molecule has 0 fully saturated rings. The number of nitrogens with zero attached hydrogens (tertiary/aromatic N) is 4. The molecule has 4 aromatic carbocycles. The van der Waals surface area contributed by atoms with Crippen molar-refractivity contribution in [1.82, 2.24) is 14.8 Å². The molecule has 0 bridgehead atoms. The molecule has 0 aliphatic carbocycles. The Hall–Kier alpha value is -4.27. The molecule has 5 rings (SSSR count). The average Bonchev–Trinajstić information content (AvgIpc) is 3.43. The number of aromatic hydroxyl groups is 1. The molecule has 0 spiro atoms. The van der Waals surface area contributed by atoms with Crippen LogP contribution in [0.4, 0.5) is 14.5 Å². The summed E-state index contributed by atoms with van der Waals surface area (Å²) in [6, 6.07) is 26.9. The van der Waals surface area contributed by atoms with E-state index in [0.29, 0.717) is 27.9 Å². The highest BCUT2D eigenvalue weighted by Gasteiger charge is 2.29. The number of thioether (sulfide) groups is 1. The van der Waals surface area contributed by atoms with Crippen molar-refractivity contribution >= 4 is 32.5 Å². The Morgan fingerprint density at radius 3 is 2.12 bits per heavy atom. The monoisotopic (exact) mass is 618 g/mol. The van der Waals surface area contributed by atoms with Crippen LogP contribution in [0.1, 0.15) is 26.7 Å². The van der Waals surface area contributed by atoms with E-state index in [4.69, 9.17) is 4.74 Å². The summed E-state index contributed by atoms with van der Waals surface area (Å²) in [6.45, 7) is 0. The van der Waals surface area contributed by atoms with Crippen molar-refractivity contribution in [2.45, 2.75) is 16.1 Å². The third-order valence-electron chi connectivity index (χ3n) is 6.82. The number of phenolic OH excluding ortho intramolecular Hbond substituents is 1. The molecule has 0 saturated carbocycles. The molecule has 0 aliphatic rings. The van der Waals surface area contributed by atoms with Crippen molar-refractivity contribution in [1.29, 1.82) is 0 Å². The lowest BCUT2D eigenvalue weighted by atomic mass is 10.0. The topological polar surface area (TPSA) is 80.5 Å². The van der Waals surface area contributed by atoms with Gasteiger partial charge in [-0.2, -0.15) is 8.78 Å². The quantitative estimate of drug-likeness (QED) is 0.0996. The zero-order valence-corrected chi connectivity index (χ0v) is 25.6. The number of hydrogen-bond donors (Lipinski definition) is 1. The number of ketones is 1. The second-order valence-electron chi connectivity index (χ2n) is 9.93. The minimum Gasteiger partial charge on any atom is -0.508 e. The Balaban J connectivity index is 1.62. The minimum absolute atomic E-state index is 0.0567. The number of carbonyl (C=O) groups excluding carboxylic acids is 1. The van der Waals surface area contributed by atoms with Crippen molar-refractivity contribution in [3.63, 3.8) is 0 Å². The van der Waals surface area contributed by atoms with E-state index in [9.17, 15) is 18.7 Å². The van der Waals surface area contributed by atoms with Gasteiger partial charge >= 0.3 is 0 Å². The van der Waals surface area contributed by atoms with E-state index in [-0.39, 0.29) is 17.1 Å². The van der Waals surface area contributed by atoms with Gasteiger partial charge in [0.1, 0.15) is 16.7 Å². The molecular formula is C32H29F2N4O3PS. The Kier molecular flexibility index (Phi) is 8.80. The average molecular weight is 619 g/mol. The number of Topliss-reactive ketones (excluding diaryl/α,β-unsaturated/α-hetero) is 1. The summed E-state index contributed by atoms with van der Waals surface area (Å²) >= 11 is 1.22. The first-order valence-electron chi connectivity index (χ1n) is 13.2. The third-order valence-corrected chi connectivity index (χ3v) is 8.35. The van der Waals surface area contributed by atoms with Crippen LogP contribution < -0.4 is 9.64 Å². The molecule has 1 heterocycles. The molecular weight excluding hydrogens is 589 g/mol. The predicted molar refractivity (Wildman–Crippen MR) is 169 cm³/mol. The molecule has 7 nitrogen and oxygen atoms in total. The van der Waals surface area contributed by atoms with E-state index in [1.165, 1.54) is 36.0 Å². The highest BCUT2D eigenvalue weighted by atomic mass is 32.2. The van der Waals surface area contributed by atoms with E-state index in [0.717, 1.165) is 16.9 Å². The van der Waals surface area contributed by atoms with Gasteiger partial charge < -0.3 is 14.7 Å². The fourth-order valence-corrected chi connectivity index (χ4v) is 5.77. The van der Waals surface area contributed by atoms with Crippen molar-refractivity contribution < 1.29 is 23.4 Å². The van der Waals surface area contributed by atoms with Gasteiger partial charge in [-0.05, 0) is 66.2 Å². The number of phenols is 1. The fourth-order valence-electron chi connectivity index (χ4n) is 4.44. The summed E-state index contributed by atoms with van der Waals surface area (Å²) in [5, 5.41) is 18.4. The van der Waals surface area contributed by atoms with Crippen molar-refractivity contribution in [2.75, 3.05) is 26.1 Å². The maximum absolute atomic E-state index is 13.9. The first-order chi connectivity index (χ1) is 20.5. The lowest BCUT2D eigenvalue weighted by Crippen LogP contribution is -2.12. The first kappa shape index (κ1) is 30.2. The molecule has 220 valence electrons. The lowest BCUT2D eigenvalue weighted by Gasteiger charge is -2.18. The Morgan fingerprint density at radius 2 is 1.56 bits per heavy atom. The number of anilines is 1. The highest BCUT2D eigenvalue weighted by Crippen LogP contribution is 2.41. The van der Waals surface area contributed by atoms with Crippen molar-refractivity contribution in [3.05, 3.63) is 114 Å². The summed E-state index contributed by atoms with van der Waals surface area (Å²) in [5.74, 6) is 0.947. The van der Waals surface area contributed by atoms with Crippen molar-refractivity contribution in [2.24, 2.45) is 0 Å². The normalized spacial score (nSPS) is 12.1. The molecule has 0 radical (unpaired) electrons. The molecule has 43 heavy (non-hydrogen) atoms. The second-order valence-corrected chi connectivity index (χ2v) is 11.7. The fraction of sp³-hybridized carbons (Fsp3) is 0.156. The van der Waals surface area contributed by atoms with Gasteiger partial charge in [-0.15, -0.1) is 10.2 Å². The third kappa shape index (κ3) is 6.71. The summed E-state index contributed by atoms with van der Waals surface area (Å²) in [7, 11) is 7.00. The Bertz CT molecular complexity index is 1700. The van der Waals surface area contributed by atoms with E-state index in [2.05, 4.69) is 10.2 Å². The van der Waals surface area contributed by atoms with Gasteiger partial charge in [0.05, 0.1) is 7.11 Å². The van der Waals surface area contributed by atoms with Crippen LogP contribution in [-0.4, -0.2) is 46.9 Å². The number of rotatable bonds is 10. The number of methoxy groups -OCH3 is 1. The SMILES string of the molecule is COc1ccc(C(Sc2nnc(-c3ccc(C(F)(F)P)cc3)n2-c2ccc(N(C)C)cc2)C(=O)c2ccc(O)cc2)cc1. The summed E-state index contributed by atoms with van der Waals surface area (Å²) in [5.41, 5.74) is 0.236. The Morgan fingerprint density at radius 1 is 0.930 bits per heavy atom. The maximum atomic E-state index is 13.9. The molecule has 0 aliphatic heterocycles. The van der Waals surface area contributed by atoms with Gasteiger partial charge in [-0.25, -0.2) is 0 Å². The van der Waals surface area contributed by atoms with Crippen LogP contribution in [0.2, 0.25) is 0 Å². The zero-order valence-electron chi connectivity index (χ0n) is 23.6. The zero-order chi connectivity index (χ0) is 30.7. The number of benzene rings is 4. The van der Waals surface area contributed by atoms with Crippen LogP contribution in [0.3, 0.4) is 0 Å². The van der Waals surface area contributed by atoms with Gasteiger partial charge in [0.2, 0.25) is 0 Å². The molecule has 5 aromatic rings. The van der Waals surface area contributed by atoms with Crippen LogP contribution in [0.5, 0.6) is 11.5 Å². The number of ether oxygens (including phenoxy) is 1. The van der Waals surface area contributed by atoms with E-state index < -0.39 is 10.9 Å². The maximum Gasteiger partial charge on any atom is 0.283 e. The smallest absolute Gasteiger partial charge is 0.283 e. The molecule has 11 heteroatoms.